The van der Waals surface area contributed by atoms with E-state index in [9.17, 15) is 9.59 Å². The molecule has 6 nitrogen and oxygen atoms in total. The third kappa shape index (κ3) is 3.82. The van der Waals surface area contributed by atoms with E-state index >= 15 is 0 Å². The Hall–Kier alpha value is -4.06. The summed E-state index contributed by atoms with van der Waals surface area (Å²) in [6.45, 7) is 0. The molecule has 0 spiro atoms. The van der Waals surface area contributed by atoms with Gasteiger partial charge >= 0.3 is 0 Å². The number of furan rings is 2. The number of benzene rings is 2. The number of carbonyl (C=O) groups is 2. The van der Waals surface area contributed by atoms with E-state index in [0.29, 0.717) is 33.7 Å². The molecule has 0 radical (unpaired) electrons. The highest BCUT2D eigenvalue weighted by Gasteiger charge is 2.23. The van der Waals surface area contributed by atoms with Crippen LogP contribution >= 0.6 is 0 Å². The van der Waals surface area contributed by atoms with Gasteiger partial charge in [0.1, 0.15) is 17.1 Å². The van der Waals surface area contributed by atoms with Gasteiger partial charge in [-0.05, 0) is 54.6 Å². The van der Waals surface area contributed by atoms with E-state index in [1.165, 1.54) is 12.3 Å². The maximum Gasteiger partial charge on any atom is 0.248 e. The predicted octanol–water partition coefficient (Wildman–Crippen LogP) is 4.92. The van der Waals surface area contributed by atoms with Crippen LogP contribution in [-0.2, 0) is 4.79 Å². The summed E-state index contributed by atoms with van der Waals surface area (Å²) in [4.78, 5) is 25.5. The number of nitrogens with one attached hydrogen (secondary N) is 1. The average molecular weight is 387 g/mol. The van der Waals surface area contributed by atoms with Crippen LogP contribution < -0.4 is 10.1 Å². The van der Waals surface area contributed by atoms with E-state index in [2.05, 4.69) is 5.32 Å². The summed E-state index contributed by atoms with van der Waals surface area (Å²) in [7, 11) is 1.56. The van der Waals surface area contributed by atoms with Crippen molar-refractivity contribution < 1.29 is 23.2 Å². The van der Waals surface area contributed by atoms with Crippen LogP contribution in [0.5, 0.6) is 5.75 Å². The summed E-state index contributed by atoms with van der Waals surface area (Å²) in [6.07, 6.45) is 4.40. The van der Waals surface area contributed by atoms with Crippen molar-refractivity contribution in [2.45, 2.75) is 0 Å². The quantitative estimate of drug-likeness (QED) is 0.375. The van der Waals surface area contributed by atoms with E-state index in [1.54, 1.807) is 67.8 Å². The van der Waals surface area contributed by atoms with Gasteiger partial charge in [0.15, 0.2) is 5.76 Å². The average Bonchev–Trinajstić information content (AvgIpc) is 3.40. The Labute approximate surface area is 166 Å². The molecule has 0 saturated carbocycles. The molecular formula is C23H17NO5. The molecule has 0 unspecified atom stereocenters. The second-order valence-electron chi connectivity index (χ2n) is 6.20. The van der Waals surface area contributed by atoms with E-state index in [-0.39, 0.29) is 11.5 Å². The predicted molar refractivity (Wildman–Crippen MR) is 109 cm³/mol. The van der Waals surface area contributed by atoms with Crippen molar-refractivity contribution in [3.63, 3.8) is 0 Å². The Kier molecular flexibility index (Phi) is 4.99. The Morgan fingerprint density at radius 2 is 1.79 bits per heavy atom. The van der Waals surface area contributed by atoms with Gasteiger partial charge in [-0.2, -0.15) is 0 Å². The Bertz CT molecular complexity index is 1180. The molecule has 0 atom stereocenters. The Morgan fingerprint density at radius 3 is 2.52 bits per heavy atom. The number of ether oxygens (including phenoxy) is 1. The van der Waals surface area contributed by atoms with Crippen molar-refractivity contribution >= 4 is 34.4 Å². The molecule has 4 rings (SSSR count). The number of rotatable bonds is 6. The first-order chi connectivity index (χ1) is 14.2. The number of hydrogen-bond acceptors (Lipinski definition) is 5. The number of methoxy groups -OCH3 is 1. The topological polar surface area (TPSA) is 81.7 Å². The molecule has 2 heterocycles. The molecule has 4 aromatic rings. The highest BCUT2D eigenvalue weighted by Crippen LogP contribution is 2.32. The lowest BCUT2D eigenvalue weighted by Crippen LogP contribution is -2.11. The SMILES string of the molecule is COc1ccc(C(=O)c2oc3ccccc3c2NC(=O)C=Cc2ccco2)cc1. The number of ketones is 1. The highest BCUT2D eigenvalue weighted by atomic mass is 16.5. The van der Waals surface area contributed by atoms with Gasteiger partial charge in [0.05, 0.1) is 19.1 Å². The zero-order valence-corrected chi connectivity index (χ0v) is 15.5. The minimum Gasteiger partial charge on any atom is -0.497 e. The summed E-state index contributed by atoms with van der Waals surface area (Å²) in [5.41, 5.74) is 1.26. The summed E-state index contributed by atoms with van der Waals surface area (Å²) >= 11 is 0. The number of para-hydroxylation sites is 1. The van der Waals surface area contributed by atoms with Crippen LogP contribution in [0.25, 0.3) is 17.0 Å². The van der Waals surface area contributed by atoms with Gasteiger partial charge in [-0.3, -0.25) is 9.59 Å². The molecule has 2 aromatic heterocycles. The maximum atomic E-state index is 13.0. The molecule has 1 N–H and O–H groups in total. The van der Waals surface area contributed by atoms with Crippen molar-refractivity contribution in [3.05, 3.63) is 90.1 Å². The normalized spacial score (nSPS) is 11.1. The van der Waals surface area contributed by atoms with Crippen molar-refractivity contribution in [2.24, 2.45) is 0 Å². The molecule has 0 aliphatic heterocycles. The van der Waals surface area contributed by atoms with E-state index < -0.39 is 5.91 Å². The van der Waals surface area contributed by atoms with Gasteiger partial charge in [-0.15, -0.1) is 0 Å². The van der Waals surface area contributed by atoms with Crippen molar-refractivity contribution in [2.75, 3.05) is 12.4 Å². The van der Waals surface area contributed by atoms with E-state index in [1.807, 2.05) is 6.07 Å². The van der Waals surface area contributed by atoms with Gasteiger partial charge in [0.25, 0.3) is 0 Å². The first-order valence-corrected chi connectivity index (χ1v) is 8.88. The molecule has 0 aliphatic carbocycles. The zero-order chi connectivity index (χ0) is 20.2. The second kappa shape index (κ2) is 7.90. The lowest BCUT2D eigenvalue weighted by molar-refractivity contribution is -0.111. The lowest BCUT2D eigenvalue weighted by atomic mass is 10.1. The van der Waals surface area contributed by atoms with Crippen LogP contribution in [0.3, 0.4) is 0 Å². The third-order valence-electron chi connectivity index (χ3n) is 4.34. The minimum atomic E-state index is -0.406. The van der Waals surface area contributed by atoms with Gasteiger partial charge < -0.3 is 18.9 Å². The summed E-state index contributed by atoms with van der Waals surface area (Å²) < 4.78 is 16.1. The van der Waals surface area contributed by atoms with Gasteiger partial charge in [-0.1, -0.05) is 12.1 Å². The molecule has 0 fully saturated rings. The molecule has 144 valence electrons. The standard InChI is InChI=1S/C23H17NO5/c1-27-16-10-8-15(9-11-16)22(26)23-21(18-6-2-3-7-19(18)29-23)24-20(25)13-12-17-5-4-14-28-17/h2-14H,1H3,(H,24,25). The van der Waals surface area contributed by atoms with Crippen LogP contribution in [0, 0.1) is 0 Å². The monoisotopic (exact) mass is 387 g/mol. The van der Waals surface area contributed by atoms with Gasteiger partial charge in [-0.25, -0.2) is 0 Å². The van der Waals surface area contributed by atoms with Gasteiger partial charge in [0.2, 0.25) is 11.7 Å². The summed E-state index contributed by atoms with van der Waals surface area (Å²) in [5, 5.41) is 3.41. The van der Waals surface area contributed by atoms with Crippen LogP contribution in [-0.4, -0.2) is 18.8 Å². The smallest absolute Gasteiger partial charge is 0.248 e. The number of amides is 1. The molecule has 0 bridgehead atoms. The fourth-order valence-corrected chi connectivity index (χ4v) is 2.91. The maximum absolute atomic E-state index is 13.0. The van der Waals surface area contributed by atoms with E-state index in [4.69, 9.17) is 13.6 Å². The molecule has 29 heavy (non-hydrogen) atoms. The zero-order valence-electron chi connectivity index (χ0n) is 15.5. The molecule has 2 aromatic carbocycles. The molecule has 0 aliphatic rings. The van der Waals surface area contributed by atoms with Crippen LogP contribution in [0.15, 0.2) is 81.8 Å². The van der Waals surface area contributed by atoms with Crippen molar-refractivity contribution in [1.29, 1.82) is 0 Å². The first-order valence-electron chi connectivity index (χ1n) is 8.88. The highest BCUT2D eigenvalue weighted by molar-refractivity contribution is 6.18. The third-order valence-corrected chi connectivity index (χ3v) is 4.34. The van der Waals surface area contributed by atoms with Crippen LogP contribution in [0.4, 0.5) is 5.69 Å². The Balaban J connectivity index is 1.68. The molecule has 1 amide bonds. The van der Waals surface area contributed by atoms with Gasteiger partial charge in [0, 0.05) is 17.0 Å². The van der Waals surface area contributed by atoms with Crippen molar-refractivity contribution in [1.82, 2.24) is 0 Å². The van der Waals surface area contributed by atoms with E-state index in [0.717, 1.165) is 0 Å². The second-order valence-corrected chi connectivity index (χ2v) is 6.20. The number of anilines is 1. The van der Waals surface area contributed by atoms with Crippen LogP contribution in [0.2, 0.25) is 0 Å². The fourth-order valence-electron chi connectivity index (χ4n) is 2.91. The Morgan fingerprint density at radius 1 is 1.00 bits per heavy atom. The largest absolute Gasteiger partial charge is 0.497 e. The lowest BCUT2D eigenvalue weighted by Gasteiger charge is -2.05. The van der Waals surface area contributed by atoms with Crippen LogP contribution in [0.1, 0.15) is 21.9 Å². The molecule has 6 heteroatoms. The minimum absolute atomic E-state index is 0.0658. The number of hydrogen-bond donors (Lipinski definition) is 1. The fraction of sp³-hybridized carbons (Fsp3) is 0.0435. The molecular weight excluding hydrogens is 370 g/mol. The van der Waals surface area contributed by atoms with Crippen molar-refractivity contribution in [3.8, 4) is 5.75 Å². The summed E-state index contributed by atoms with van der Waals surface area (Å²) in [5.74, 6) is 0.511. The number of fused-ring (bicyclic) bond motifs is 1. The number of carbonyl (C=O) groups excluding carboxylic acids is 2. The summed E-state index contributed by atoms with van der Waals surface area (Å²) in [6, 6.07) is 17.3. The first kappa shape index (κ1) is 18.3. The molecule has 0 saturated heterocycles.